The zero-order valence-corrected chi connectivity index (χ0v) is 9.70. The molecular weight excluding hydrogens is 206 g/mol. The van der Waals surface area contributed by atoms with Crippen LogP contribution in [0, 0.1) is 16.7 Å². The molecule has 0 unspecified atom stereocenters. The molecule has 0 aliphatic rings. The van der Waals surface area contributed by atoms with E-state index in [9.17, 15) is 4.79 Å². The van der Waals surface area contributed by atoms with Gasteiger partial charge in [0.2, 0.25) is 11.8 Å². The first kappa shape index (κ1) is 12.2. The minimum atomic E-state index is -1.03. The molecule has 0 spiro atoms. The SMILES string of the molecule is CCc1cnc(CNC(=O)C(C)(C)C#N)o1. The van der Waals surface area contributed by atoms with Crippen molar-refractivity contribution in [2.75, 3.05) is 0 Å². The molecule has 0 aromatic carbocycles. The van der Waals surface area contributed by atoms with Crippen LogP contribution in [0.5, 0.6) is 0 Å². The van der Waals surface area contributed by atoms with Gasteiger partial charge in [-0.1, -0.05) is 6.92 Å². The van der Waals surface area contributed by atoms with Gasteiger partial charge in [0, 0.05) is 6.42 Å². The number of aromatic nitrogens is 1. The van der Waals surface area contributed by atoms with Crippen molar-refractivity contribution in [2.45, 2.75) is 33.7 Å². The molecule has 1 rings (SSSR count). The number of oxazole rings is 1. The van der Waals surface area contributed by atoms with Crippen molar-refractivity contribution < 1.29 is 9.21 Å². The Morgan fingerprint density at radius 3 is 2.88 bits per heavy atom. The lowest BCUT2D eigenvalue weighted by Crippen LogP contribution is -2.35. The maximum absolute atomic E-state index is 11.5. The van der Waals surface area contributed by atoms with Crippen LogP contribution in [0.4, 0.5) is 0 Å². The van der Waals surface area contributed by atoms with Gasteiger partial charge in [-0.25, -0.2) is 4.98 Å². The fraction of sp³-hybridized carbons (Fsp3) is 0.545. The number of rotatable bonds is 4. The molecule has 5 nitrogen and oxygen atoms in total. The van der Waals surface area contributed by atoms with Crippen molar-refractivity contribution in [3.8, 4) is 6.07 Å². The van der Waals surface area contributed by atoms with Gasteiger partial charge in [0.25, 0.3) is 0 Å². The summed E-state index contributed by atoms with van der Waals surface area (Å²) >= 11 is 0. The monoisotopic (exact) mass is 221 g/mol. The highest BCUT2D eigenvalue weighted by Gasteiger charge is 2.27. The van der Waals surface area contributed by atoms with E-state index in [2.05, 4.69) is 10.3 Å². The average Bonchev–Trinajstić information content (AvgIpc) is 2.73. The summed E-state index contributed by atoms with van der Waals surface area (Å²) in [4.78, 5) is 15.5. The minimum absolute atomic E-state index is 0.212. The Labute approximate surface area is 94.5 Å². The molecule has 0 radical (unpaired) electrons. The highest BCUT2D eigenvalue weighted by Crippen LogP contribution is 2.13. The van der Waals surface area contributed by atoms with Crippen LogP contribution in [-0.4, -0.2) is 10.9 Å². The number of aryl methyl sites for hydroxylation is 1. The summed E-state index contributed by atoms with van der Waals surface area (Å²) in [5, 5.41) is 11.4. The van der Waals surface area contributed by atoms with E-state index >= 15 is 0 Å². The number of hydrogen-bond acceptors (Lipinski definition) is 4. The molecule has 0 fully saturated rings. The number of hydrogen-bond donors (Lipinski definition) is 1. The number of nitrogens with one attached hydrogen (secondary N) is 1. The predicted molar refractivity (Wildman–Crippen MR) is 57.1 cm³/mol. The molecule has 86 valence electrons. The molecule has 0 saturated heterocycles. The zero-order chi connectivity index (χ0) is 12.2. The summed E-state index contributed by atoms with van der Waals surface area (Å²) in [6.45, 7) is 5.30. The van der Waals surface area contributed by atoms with Gasteiger partial charge in [-0.2, -0.15) is 5.26 Å². The lowest BCUT2D eigenvalue weighted by molar-refractivity contribution is -0.127. The lowest BCUT2D eigenvalue weighted by Gasteiger charge is -2.13. The zero-order valence-electron chi connectivity index (χ0n) is 9.70. The largest absolute Gasteiger partial charge is 0.444 e. The fourth-order valence-electron chi connectivity index (χ4n) is 1.02. The second-order valence-electron chi connectivity index (χ2n) is 3.99. The first-order chi connectivity index (χ1) is 7.49. The van der Waals surface area contributed by atoms with Crippen LogP contribution in [0.25, 0.3) is 0 Å². The molecule has 1 heterocycles. The summed E-state index contributed by atoms with van der Waals surface area (Å²) in [7, 11) is 0. The van der Waals surface area contributed by atoms with Gasteiger partial charge >= 0.3 is 0 Å². The third-order valence-corrected chi connectivity index (χ3v) is 2.20. The number of carbonyl (C=O) groups is 1. The minimum Gasteiger partial charge on any atom is -0.444 e. The van der Waals surface area contributed by atoms with Gasteiger partial charge < -0.3 is 9.73 Å². The molecule has 5 heteroatoms. The van der Waals surface area contributed by atoms with Crippen LogP contribution < -0.4 is 5.32 Å². The molecule has 0 bridgehead atoms. The molecule has 1 aromatic rings. The van der Waals surface area contributed by atoms with Crippen molar-refractivity contribution in [1.82, 2.24) is 10.3 Å². The Morgan fingerprint density at radius 2 is 2.38 bits per heavy atom. The van der Waals surface area contributed by atoms with E-state index in [0.717, 1.165) is 12.2 Å². The summed E-state index contributed by atoms with van der Waals surface area (Å²) in [6.07, 6.45) is 2.40. The maximum atomic E-state index is 11.5. The molecule has 0 saturated carbocycles. The molecule has 16 heavy (non-hydrogen) atoms. The predicted octanol–water partition coefficient (Wildman–Crippen LogP) is 1.40. The summed E-state index contributed by atoms with van der Waals surface area (Å²) in [6, 6.07) is 1.93. The number of amides is 1. The van der Waals surface area contributed by atoms with Crippen molar-refractivity contribution >= 4 is 5.91 Å². The second-order valence-corrected chi connectivity index (χ2v) is 3.99. The Hall–Kier alpha value is -1.83. The smallest absolute Gasteiger partial charge is 0.240 e. The van der Waals surface area contributed by atoms with Crippen molar-refractivity contribution in [2.24, 2.45) is 5.41 Å². The van der Waals surface area contributed by atoms with Crippen LogP contribution in [0.15, 0.2) is 10.6 Å². The topological polar surface area (TPSA) is 78.9 Å². The van der Waals surface area contributed by atoms with Crippen LogP contribution in [0.2, 0.25) is 0 Å². The van der Waals surface area contributed by atoms with Crippen molar-refractivity contribution in [3.05, 3.63) is 17.8 Å². The molecule has 0 atom stereocenters. The van der Waals surface area contributed by atoms with Gasteiger partial charge in [0.15, 0.2) is 0 Å². The van der Waals surface area contributed by atoms with E-state index in [1.807, 2.05) is 13.0 Å². The highest BCUT2D eigenvalue weighted by molar-refractivity contribution is 5.84. The van der Waals surface area contributed by atoms with E-state index < -0.39 is 5.41 Å². The van der Waals surface area contributed by atoms with Gasteiger partial charge in [0.05, 0.1) is 18.8 Å². The van der Waals surface area contributed by atoms with Gasteiger partial charge in [0.1, 0.15) is 11.2 Å². The quantitative estimate of drug-likeness (QED) is 0.833. The highest BCUT2D eigenvalue weighted by atomic mass is 16.4. The Kier molecular flexibility index (Phi) is 3.67. The first-order valence-electron chi connectivity index (χ1n) is 5.12. The van der Waals surface area contributed by atoms with Crippen LogP contribution in [0.1, 0.15) is 32.4 Å². The molecule has 1 amide bonds. The Balaban J connectivity index is 2.53. The molecular formula is C11H15N3O2. The third-order valence-electron chi connectivity index (χ3n) is 2.20. The van der Waals surface area contributed by atoms with Crippen LogP contribution >= 0.6 is 0 Å². The van der Waals surface area contributed by atoms with Crippen LogP contribution in [-0.2, 0) is 17.8 Å². The van der Waals surface area contributed by atoms with E-state index in [4.69, 9.17) is 9.68 Å². The summed E-state index contributed by atoms with van der Waals surface area (Å²) in [5.74, 6) is 0.911. The van der Waals surface area contributed by atoms with E-state index in [-0.39, 0.29) is 12.5 Å². The van der Waals surface area contributed by atoms with Crippen LogP contribution in [0.3, 0.4) is 0 Å². The van der Waals surface area contributed by atoms with Gasteiger partial charge in [-0.15, -0.1) is 0 Å². The summed E-state index contributed by atoms with van der Waals surface area (Å²) < 4.78 is 5.32. The number of carbonyl (C=O) groups excluding carboxylic acids is 1. The van der Waals surface area contributed by atoms with E-state index in [1.165, 1.54) is 0 Å². The molecule has 0 aliphatic heterocycles. The number of nitrogens with zero attached hydrogens (tertiary/aromatic N) is 2. The normalized spacial score (nSPS) is 10.9. The fourth-order valence-corrected chi connectivity index (χ4v) is 1.02. The first-order valence-corrected chi connectivity index (χ1v) is 5.12. The molecule has 1 N–H and O–H groups in total. The Bertz CT molecular complexity index is 415. The Morgan fingerprint density at radius 1 is 1.69 bits per heavy atom. The maximum Gasteiger partial charge on any atom is 0.240 e. The van der Waals surface area contributed by atoms with Gasteiger partial charge in [-0.3, -0.25) is 4.79 Å². The van der Waals surface area contributed by atoms with Crippen molar-refractivity contribution in [3.63, 3.8) is 0 Å². The van der Waals surface area contributed by atoms with Gasteiger partial charge in [-0.05, 0) is 13.8 Å². The molecule has 1 aromatic heterocycles. The molecule has 0 aliphatic carbocycles. The van der Waals surface area contributed by atoms with E-state index in [0.29, 0.717) is 5.89 Å². The number of nitriles is 1. The second kappa shape index (κ2) is 4.79. The summed E-state index contributed by atoms with van der Waals surface area (Å²) in [5.41, 5.74) is -1.03. The van der Waals surface area contributed by atoms with Crippen molar-refractivity contribution in [1.29, 1.82) is 5.26 Å². The third kappa shape index (κ3) is 2.83. The standard InChI is InChI=1S/C11H15N3O2/c1-4-8-5-13-9(16-8)6-14-10(15)11(2,3)7-12/h5H,4,6H2,1-3H3,(H,14,15). The average molecular weight is 221 g/mol. The van der Waals surface area contributed by atoms with E-state index in [1.54, 1.807) is 20.0 Å². The lowest BCUT2D eigenvalue weighted by atomic mass is 9.95.